The van der Waals surface area contributed by atoms with Gasteiger partial charge in [0.2, 0.25) is 11.7 Å². The van der Waals surface area contributed by atoms with Crippen LogP contribution in [0.2, 0.25) is 0 Å². The van der Waals surface area contributed by atoms with E-state index >= 15 is 0 Å². The average molecular weight is 534 g/mol. The third-order valence-corrected chi connectivity index (χ3v) is 8.33. The van der Waals surface area contributed by atoms with E-state index in [2.05, 4.69) is 55.0 Å². The third kappa shape index (κ3) is 5.05. The Bertz CT molecular complexity index is 1290. The van der Waals surface area contributed by atoms with Crippen LogP contribution in [0.3, 0.4) is 0 Å². The number of hydrogen-bond acceptors (Lipinski definition) is 8. The van der Waals surface area contributed by atoms with Crippen LogP contribution in [0.4, 0.5) is 4.79 Å². The first-order valence-electron chi connectivity index (χ1n) is 13.9. The van der Waals surface area contributed by atoms with Crippen molar-refractivity contribution < 1.29 is 19.2 Å². The summed E-state index contributed by atoms with van der Waals surface area (Å²) in [5, 5.41) is 16.8. The Balaban J connectivity index is 1.41. The van der Waals surface area contributed by atoms with Gasteiger partial charge >= 0.3 is 6.09 Å². The fourth-order valence-corrected chi connectivity index (χ4v) is 6.15. The zero-order valence-electron chi connectivity index (χ0n) is 23.6. The van der Waals surface area contributed by atoms with E-state index in [1.54, 1.807) is 17.3 Å². The van der Waals surface area contributed by atoms with Crippen LogP contribution in [0.5, 0.6) is 0 Å². The van der Waals surface area contributed by atoms with Gasteiger partial charge in [0, 0.05) is 61.0 Å². The largest absolute Gasteiger partial charge is 0.450 e. The lowest BCUT2D eigenvalue weighted by Crippen LogP contribution is -2.63. The maximum atomic E-state index is 12.5. The van der Waals surface area contributed by atoms with E-state index < -0.39 is 11.0 Å². The zero-order valence-corrected chi connectivity index (χ0v) is 23.6. The minimum Gasteiger partial charge on any atom is -0.450 e. The van der Waals surface area contributed by atoms with Crippen molar-refractivity contribution in [1.82, 2.24) is 24.9 Å². The molecule has 0 bridgehead atoms. The summed E-state index contributed by atoms with van der Waals surface area (Å²) >= 11 is 0. The number of nitrogens with zero attached hydrogens (tertiary/aromatic N) is 5. The number of carbonyl (C=O) groups is 1. The van der Waals surface area contributed by atoms with Crippen LogP contribution in [0.15, 0.2) is 47.2 Å². The van der Waals surface area contributed by atoms with E-state index in [9.17, 15) is 9.90 Å². The molecule has 2 saturated heterocycles. The second-order valence-corrected chi connectivity index (χ2v) is 11.6. The van der Waals surface area contributed by atoms with Gasteiger partial charge in [-0.15, -0.1) is 0 Å². The van der Waals surface area contributed by atoms with Crippen molar-refractivity contribution in [1.29, 1.82) is 0 Å². The predicted molar refractivity (Wildman–Crippen MR) is 147 cm³/mol. The first-order chi connectivity index (χ1) is 18.6. The van der Waals surface area contributed by atoms with E-state index in [4.69, 9.17) is 14.2 Å². The second-order valence-electron chi connectivity index (χ2n) is 11.6. The molecule has 0 spiro atoms. The fraction of sp³-hybridized carbons (Fsp3) is 0.533. The zero-order chi connectivity index (χ0) is 27.8. The van der Waals surface area contributed by atoms with Crippen LogP contribution in [0.25, 0.3) is 11.4 Å². The highest BCUT2D eigenvalue weighted by Crippen LogP contribution is 2.50. The Kier molecular flexibility index (Phi) is 7.48. The Hall–Kier alpha value is -3.30. The minimum absolute atomic E-state index is 0.0777. The number of ether oxygens (including phenoxy) is 1. The molecule has 4 heterocycles. The van der Waals surface area contributed by atoms with Crippen molar-refractivity contribution in [3.8, 4) is 11.4 Å². The Morgan fingerprint density at radius 3 is 2.49 bits per heavy atom. The summed E-state index contributed by atoms with van der Waals surface area (Å²) in [5.74, 6) is 1.49. The number of piperidine rings is 1. The van der Waals surface area contributed by atoms with Crippen LogP contribution >= 0.6 is 0 Å². The van der Waals surface area contributed by atoms with Gasteiger partial charge in [-0.25, -0.2) is 4.79 Å². The van der Waals surface area contributed by atoms with Gasteiger partial charge in [-0.2, -0.15) is 4.98 Å². The lowest BCUT2D eigenvalue weighted by molar-refractivity contribution is -0.127. The molecule has 1 N–H and O–H groups in total. The van der Waals surface area contributed by atoms with Gasteiger partial charge in [0.25, 0.3) is 0 Å². The number of hydrogen-bond donors (Lipinski definition) is 1. The lowest BCUT2D eigenvalue weighted by Gasteiger charge is -2.55. The van der Waals surface area contributed by atoms with Crippen molar-refractivity contribution in [3.63, 3.8) is 0 Å². The monoisotopic (exact) mass is 533 g/mol. The maximum Gasteiger partial charge on any atom is 0.409 e. The van der Waals surface area contributed by atoms with Crippen molar-refractivity contribution in [2.24, 2.45) is 5.41 Å². The molecule has 2 aliphatic rings. The summed E-state index contributed by atoms with van der Waals surface area (Å²) in [6.45, 7) is 11.3. The van der Waals surface area contributed by atoms with Crippen LogP contribution in [0.1, 0.15) is 75.0 Å². The number of benzene rings is 1. The normalized spacial score (nSPS) is 19.5. The molecular weight excluding hydrogens is 494 g/mol. The molecule has 1 atom stereocenters. The molecule has 3 aromatic rings. The smallest absolute Gasteiger partial charge is 0.409 e. The topological polar surface area (TPSA) is 105 Å². The van der Waals surface area contributed by atoms with Gasteiger partial charge in [0.15, 0.2) is 0 Å². The number of pyridine rings is 1. The Morgan fingerprint density at radius 2 is 1.87 bits per heavy atom. The Morgan fingerprint density at radius 1 is 1.18 bits per heavy atom. The van der Waals surface area contributed by atoms with E-state index in [0.29, 0.717) is 48.5 Å². The predicted octanol–water partition coefficient (Wildman–Crippen LogP) is 4.78. The fourth-order valence-electron chi connectivity index (χ4n) is 6.15. The third-order valence-electron chi connectivity index (χ3n) is 8.33. The summed E-state index contributed by atoms with van der Waals surface area (Å²) in [6.07, 6.45) is 4.64. The van der Waals surface area contributed by atoms with Gasteiger partial charge in [-0.1, -0.05) is 50.2 Å². The molecule has 208 valence electrons. The van der Waals surface area contributed by atoms with E-state index in [0.717, 1.165) is 31.5 Å². The molecule has 5 rings (SSSR count). The van der Waals surface area contributed by atoms with Gasteiger partial charge in [0.1, 0.15) is 5.60 Å². The Labute approximate surface area is 230 Å². The minimum atomic E-state index is -1.25. The number of aliphatic hydroxyl groups is 1. The summed E-state index contributed by atoms with van der Waals surface area (Å²) in [5.41, 5.74) is 1.85. The summed E-state index contributed by atoms with van der Waals surface area (Å²) in [6, 6.07) is 10.2. The molecular formula is C30H39N5O4. The summed E-state index contributed by atoms with van der Waals surface area (Å²) < 4.78 is 10.8. The quantitative estimate of drug-likeness (QED) is 0.463. The summed E-state index contributed by atoms with van der Waals surface area (Å²) in [4.78, 5) is 25.2. The number of aromatic nitrogens is 3. The molecule has 0 unspecified atom stereocenters. The van der Waals surface area contributed by atoms with E-state index in [1.807, 2.05) is 25.1 Å². The van der Waals surface area contributed by atoms with Crippen molar-refractivity contribution >= 4 is 6.09 Å². The summed E-state index contributed by atoms with van der Waals surface area (Å²) in [7, 11) is 2.07. The second kappa shape index (κ2) is 10.7. The van der Waals surface area contributed by atoms with Crippen LogP contribution in [-0.4, -0.2) is 76.0 Å². The van der Waals surface area contributed by atoms with Gasteiger partial charge in [-0.3, -0.25) is 4.98 Å². The first kappa shape index (κ1) is 27.3. The maximum absolute atomic E-state index is 12.5. The van der Waals surface area contributed by atoms with Gasteiger partial charge < -0.3 is 24.2 Å². The molecule has 0 aliphatic carbocycles. The average Bonchev–Trinajstić information content (AvgIpc) is 3.43. The molecule has 9 nitrogen and oxygen atoms in total. The van der Waals surface area contributed by atoms with Crippen molar-refractivity contribution in [2.75, 3.05) is 39.8 Å². The number of carbonyl (C=O) groups excluding carboxylic acids is 1. The highest BCUT2D eigenvalue weighted by atomic mass is 16.6. The first-order valence-corrected chi connectivity index (χ1v) is 13.9. The van der Waals surface area contributed by atoms with Crippen molar-refractivity contribution in [2.45, 2.75) is 58.0 Å². The number of likely N-dealkylation sites (tertiary alicyclic amines) is 2. The van der Waals surface area contributed by atoms with Crippen molar-refractivity contribution in [3.05, 3.63) is 65.3 Å². The van der Waals surface area contributed by atoms with Crippen LogP contribution in [0, 0.1) is 5.41 Å². The SMILES string of the molecule is CCOC(=O)N1CCC(c2nc(-c3cncc([C@@](O)(c4ccc(C(C)C)cc4)C4(C)CN(C)C4)c3)no2)CC1. The highest BCUT2D eigenvalue weighted by molar-refractivity contribution is 5.67. The molecule has 1 amide bonds. The molecule has 2 aliphatic heterocycles. The number of rotatable bonds is 7. The molecule has 0 radical (unpaired) electrons. The molecule has 1 aromatic carbocycles. The van der Waals surface area contributed by atoms with E-state index in [-0.39, 0.29) is 12.0 Å². The molecule has 9 heteroatoms. The standard InChI is InChI=1S/C30H39N5O4/c1-6-38-28(36)35-13-11-22(12-14-35)27-32-26(33-39-27)23-15-25(17-31-16-23)30(37,29(4)18-34(5)19-29)24-9-7-21(8-10-24)20(2)3/h7-10,15-17,20,22,37H,6,11-14,18-19H2,1-5H3/t30-/m0/s1. The molecule has 2 aromatic heterocycles. The van der Waals surface area contributed by atoms with Gasteiger partial charge in [0.05, 0.1) is 6.61 Å². The molecule has 0 saturated carbocycles. The number of amides is 1. The molecule has 39 heavy (non-hydrogen) atoms. The highest BCUT2D eigenvalue weighted by Gasteiger charge is 2.55. The van der Waals surface area contributed by atoms with Crippen LogP contribution in [-0.2, 0) is 10.3 Å². The lowest BCUT2D eigenvalue weighted by atomic mass is 9.62. The van der Waals surface area contributed by atoms with Crippen LogP contribution < -0.4 is 0 Å². The van der Waals surface area contributed by atoms with Gasteiger partial charge in [-0.05, 0) is 49.9 Å². The van der Waals surface area contributed by atoms with E-state index in [1.165, 1.54) is 5.56 Å². The molecule has 2 fully saturated rings.